The van der Waals surface area contributed by atoms with Crippen LogP contribution in [0, 0.1) is 0 Å². The molecule has 2 aromatic rings. The highest BCUT2D eigenvalue weighted by molar-refractivity contribution is 6.76. The second-order valence-corrected chi connectivity index (χ2v) is 21.1. The van der Waals surface area contributed by atoms with Crippen LogP contribution in [0.2, 0.25) is 25.7 Å². The molecule has 3 aliphatic rings. The van der Waals surface area contributed by atoms with Gasteiger partial charge in [0.2, 0.25) is 5.91 Å². The highest BCUT2D eigenvalue weighted by Gasteiger charge is 2.43. The molecule has 3 heterocycles. The van der Waals surface area contributed by atoms with Gasteiger partial charge >= 0.3 is 12.2 Å². The number of nitrogens with zero attached hydrogens (tertiary/aromatic N) is 3. The molecular formula is C37H50N4O9Si. The molecule has 0 bridgehead atoms. The van der Waals surface area contributed by atoms with Gasteiger partial charge in [0.05, 0.1) is 12.6 Å². The Bertz CT molecular complexity index is 1610. The number of ether oxygens (including phenoxy) is 4. The summed E-state index contributed by atoms with van der Waals surface area (Å²) < 4.78 is 23.2. The monoisotopic (exact) mass is 722 g/mol. The summed E-state index contributed by atoms with van der Waals surface area (Å²) in [6, 6.07) is 14.1. The van der Waals surface area contributed by atoms with E-state index in [1.54, 1.807) is 43.9 Å². The second kappa shape index (κ2) is 15.8. The molecule has 0 spiro atoms. The minimum Gasteiger partial charge on any atom is -0.486 e. The molecule has 5 amide bonds. The molecule has 51 heavy (non-hydrogen) atoms. The van der Waals surface area contributed by atoms with Gasteiger partial charge in [-0.3, -0.25) is 19.3 Å². The summed E-state index contributed by atoms with van der Waals surface area (Å²) in [6.07, 6.45) is -0.986. The average Bonchev–Trinajstić information content (AvgIpc) is 3.38. The van der Waals surface area contributed by atoms with E-state index in [0.717, 1.165) is 16.5 Å². The van der Waals surface area contributed by atoms with Gasteiger partial charge in [-0.15, -0.1) is 0 Å². The molecule has 0 aliphatic carbocycles. The molecular weight excluding hydrogens is 673 g/mol. The van der Waals surface area contributed by atoms with E-state index in [4.69, 9.17) is 18.9 Å². The van der Waals surface area contributed by atoms with Crippen molar-refractivity contribution in [3.8, 4) is 5.75 Å². The Morgan fingerprint density at radius 1 is 1.00 bits per heavy atom. The number of rotatable bonds is 11. The van der Waals surface area contributed by atoms with Crippen LogP contribution in [0.15, 0.2) is 48.5 Å². The van der Waals surface area contributed by atoms with E-state index in [1.165, 1.54) is 4.90 Å². The first kappa shape index (κ1) is 37.8. The van der Waals surface area contributed by atoms with E-state index >= 15 is 0 Å². The number of nitrogens with one attached hydrogen (secondary N) is 1. The molecule has 0 radical (unpaired) electrons. The Kier molecular flexibility index (Phi) is 11.8. The molecule has 0 aromatic heterocycles. The Labute approximate surface area is 300 Å². The Hall–Kier alpha value is -4.43. The van der Waals surface area contributed by atoms with Gasteiger partial charge in [-0.1, -0.05) is 50.0 Å². The lowest BCUT2D eigenvalue weighted by Gasteiger charge is -2.38. The van der Waals surface area contributed by atoms with Gasteiger partial charge in [0.1, 0.15) is 36.8 Å². The van der Waals surface area contributed by atoms with Crippen molar-refractivity contribution in [2.45, 2.75) is 103 Å². The van der Waals surface area contributed by atoms with Crippen LogP contribution in [0.1, 0.15) is 61.5 Å². The predicted octanol–water partition coefficient (Wildman–Crippen LogP) is 5.16. The molecule has 5 rings (SSSR count). The quantitative estimate of drug-likeness (QED) is 0.189. The van der Waals surface area contributed by atoms with Gasteiger partial charge in [-0.05, 0) is 69.0 Å². The highest BCUT2D eigenvalue weighted by Crippen LogP contribution is 2.32. The van der Waals surface area contributed by atoms with Crippen LogP contribution < -0.4 is 10.1 Å². The van der Waals surface area contributed by atoms with Crippen LogP contribution in [-0.4, -0.2) is 103 Å². The second-order valence-electron chi connectivity index (χ2n) is 15.5. The van der Waals surface area contributed by atoms with E-state index in [-0.39, 0.29) is 51.1 Å². The van der Waals surface area contributed by atoms with Crippen LogP contribution in [-0.2, 0) is 37.0 Å². The number of fused-ring (bicyclic) bond motifs is 1. The van der Waals surface area contributed by atoms with Crippen molar-refractivity contribution in [1.82, 2.24) is 20.0 Å². The summed E-state index contributed by atoms with van der Waals surface area (Å²) in [6.45, 7) is 13.1. The van der Waals surface area contributed by atoms with Crippen molar-refractivity contribution >= 4 is 38.0 Å². The summed E-state index contributed by atoms with van der Waals surface area (Å²) in [4.78, 5) is 69.7. The van der Waals surface area contributed by atoms with Gasteiger partial charge in [0.25, 0.3) is 11.8 Å². The first-order chi connectivity index (χ1) is 24.1. The van der Waals surface area contributed by atoms with E-state index in [2.05, 4.69) is 25.0 Å². The van der Waals surface area contributed by atoms with Crippen molar-refractivity contribution in [2.75, 3.05) is 26.4 Å². The number of alkyl carbamates (subject to hydrolysis) is 1. The third kappa shape index (κ3) is 10.1. The number of carbonyl (C=O) groups is 5. The fraction of sp³-hybridized carbons (Fsp3) is 0.541. The number of imide groups is 1. The lowest BCUT2D eigenvalue weighted by molar-refractivity contribution is -0.158. The Balaban J connectivity index is 1.26. The summed E-state index contributed by atoms with van der Waals surface area (Å²) >= 11 is 0. The summed E-state index contributed by atoms with van der Waals surface area (Å²) in [5.74, 6) is -0.594. The van der Waals surface area contributed by atoms with Crippen LogP contribution in [0.3, 0.4) is 0 Å². The predicted molar refractivity (Wildman–Crippen MR) is 191 cm³/mol. The Morgan fingerprint density at radius 2 is 1.75 bits per heavy atom. The number of piperidine rings is 2. The summed E-state index contributed by atoms with van der Waals surface area (Å²) in [5, 5.41) is 2.91. The maximum atomic E-state index is 13.6. The number of hydrogen-bond donors (Lipinski definition) is 1. The zero-order valence-electron chi connectivity index (χ0n) is 30.4. The normalized spacial score (nSPS) is 21.0. The van der Waals surface area contributed by atoms with Crippen molar-refractivity contribution in [3.05, 3.63) is 65.2 Å². The minimum atomic E-state index is -1.34. The van der Waals surface area contributed by atoms with E-state index in [0.29, 0.717) is 36.4 Å². The standard InChI is InChI=1S/C37H50N4O9Si/c1-37(2,3)50-35(45)38-29-16-17-39(36(46)48-23-25-10-8-7-9-11-25)22-31(29)49-27-12-13-28-26(20-27)21-40(33(28)43)30-14-15-32(42)41(34(30)44)24-47-18-19-51(4,5)6/h7-13,20,29-31H,14-19,21-24H2,1-6H3,(H,38,45)/t29-,30?,31-/m1/s1. The summed E-state index contributed by atoms with van der Waals surface area (Å²) in [7, 11) is -1.34. The first-order valence-corrected chi connectivity index (χ1v) is 21.3. The fourth-order valence-corrected chi connectivity index (χ4v) is 6.99. The number of amides is 5. The highest BCUT2D eigenvalue weighted by atomic mass is 28.3. The van der Waals surface area contributed by atoms with E-state index < -0.39 is 50.0 Å². The van der Waals surface area contributed by atoms with E-state index in [1.807, 2.05) is 30.3 Å². The van der Waals surface area contributed by atoms with Crippen molar-refractivity contribution in [1.29, 1.82) is 0 Å². The van der Waals surface area contributed by atoms with Crippen molar-refractivity contribution in [2.24, 2.45) is 0 Å². The molecule has 276 valence electrons. The smallest absolute Gasteiger partial charge is 0.410 e. The molecule has 1 unspecified atom stereocenters. The zero-order chi connectivity index (χ0) is 36.9. The largest absolute Gasteiger partial charge is 0.486 e. The van der Waals surface area contributed by atoms with Crippen LogP contribution in [0.25, 0.3) is 0 Å². The third-order valence-corrected chi connectivity index (χ3v) is 10.7. The SMILES string of the molecule is CC(C)(C)OC(=O)N[C@@H]1CCN(C(=O)OCc2ccccc2)C[C@H]1Oc1ccc2c(c1)CN(C1CCC(=O)N(COCC[Si](C)(C)C)C1=O)C2=O. The Morgan fingerprint density at radius 3 is 2.45 bits per heavy atom. The van der Waals surface area contributed by atoms with Crippen LogP contribution >= 0.6 is 0 Å². The van der Waals surface area contributed by atoms with Crippen molar-refractivity contribution < 1.29 is 42.9 Å². The number of benzene rings is 2. The van der Waals surface area contributed by atoms with Gasteiger partial charge in [0.15, 0.2) is 0 Å². The van der Waals surface area contributed by atoms with Crippen LogP contribution in [0.5, 0.6) is 5.75 Å². The molecule has 2 saturated heterocycles. The van der Waals surface area contributed by atoms with Gasteiger partial charge < -0.3 is 34.1 Å². The third-order valence-electron chi connectivity index (χ3n) is 9.00. The molecule has 2 aromatic carbocycles. The molecule has 1 N–H and O–H groups in total. The minimum absolute atomic E-state index is 0.123. The lowest BCUT2D eigenvalue weighted by atomic mass is 10.0. The van der Waals surface area contributed by atoms with Crippen molar-refractivity contribution in [3.63, 3.8) is 0 Å². The molecule has 14 heteroatoms. The topological polar surface area (TPSA) is 144 Å². The molecule has 2 fully saturated rings. The molecule has 0 saturated carbocycles. The number of hydrogen-bond acceptors (Lipinski definition) is 9. The van der Waals surface area contributed by atoms with Gasteiger partial charge in [0, 0.05) is 39.8 Å². The van der Waals surface area contributed by atoms with Gasteiger partial charge in [-0.25, -0.2) is 9.59 Å². The van der Waals surface area contributed by atoms with Gasteiger partial charge in [-0.2, -0.15) is 0 Å². The molecule has 3 aliphatic heterocycles. The summed E-state index contributed by atoms with van der Waals surface area (Å²) in [5.41, 5.74) is 1.28. The average molecular weight is 723 g/mol. The molecule has 13 nitrogen and oxygen atoms in total. The fourth-order valence-electron chi connectivity index (χ4n) is 6.24. The first-order valence-electron chi connectivity index (χ1n) is 17.6. The zero-order valence-corrected chi connectivity index (χ0v) is 31.4. The van der Waals surface area contributed by atoms with Crippen LogP contribution in [0.4, 0.5) is 9.59 Å². The lowest BCUT2D eigenvalue weighted by Crippen LogP contribution is -2.58. The maximum Gasteiger partial charge on any atom is 0.410 e. The molecule has 3 atom stereocenters. The number of carbonyl (C=O) groups excluding carboxylic acids is 5. The maximum absolute atomic E-state index is 13.6. The van der Waals surface area contributed by atoms with E-state index in [9.17, 15) is 24.0 Å². The number of likely N-dealkylation sites (tertiary alicyclic amines) is 2.